The Morgan fingerprint density at radius 3 is 1.11 bits per heavy atom. The molecular weight excluding hydrogens is 979 g/mol. The van der Waals surface area contributed by atoms with Crippen molar-refractivity contribution in [2.45, 2.75) is 107 Å². The van der Waals surface area contributed by atoms with Gasteiger partial charge in [-0.2, -0.15) is 0 Å². The van der Waals surface area contributed by atoms with E-state index in [2.05, 4.69) is 207 Å². The third kappa shape index (κ3) is 16.1. The number of rotatable bonds is 25. The first-order valence-electron chi connectivity index (χ1n) is 27.6. The summed E-state index contributed by atoms with van der Waals surface area (Å²) in [5.41, 5.74) is 18.0. The lowest BCUT2D eigenvalue weighted by Gasteiger charge is -2.16. The van der Waals surface area contributed by atoms with Gasteiger partial charge < -0.3 is 31.9 Å². The zero-order valence-electron chi connectivity index (χ0n) is 46.8. The number of anilines is 12. The van der Waals surface area contributed by atoms with Crippen molar-refractivity contribution in [2.24, 2.45) is 17.8 Å². The highest BCUT2D eigenvalue weighted by atomic mass is 15.1. The Labute approximate surface area is 465 Å². The zero-order valence-corrected chi connectivity index (χ0v) is 46.8. The van der Waals surface area contributed by atoms with E-state index in [1.165, 1.54) is 16.7 Å². The lowest BCUT2D eigenvalue weighted by atomic mass is 10.0. The van der Waals surface area contributed by atoms with Gasteiger partial charge >= 0.3 is 0 Å². The van der Waals surface area contributed by atoms with Crippen molar-refractivity contribution in [2.75, 3.05) is 31.9 Å². The molecular formula is C64H73N15. The first kappa shape index (κ1) is 54.9. The summed E-state index contributed by atoms with van der Waals surface area (Å²) in [4.78, 5) is 42.4. The minimum Gasteiger partial charge on any atom is -0.353 e. The fraction of sp³-hybridized carbons (Fsp3) is 0.297. The summed E-state index contributed by atoms with van der Waals surface area (Å²) in [5.74, 6) is 3.39. The van der Waals surface area contributed by atoms with Crippen LogP contribution in [0.4, 0.5) is 69.0 Å². The van der Waals surface area contributed by atoms with Crippen LogP contribution >= 0.6 is 0 Å². The molecule has 0 saturated carbocycles. The minimum atomic E-state index is 0.517. The number of hydrogen-bond acceptors (Lipinski definition) is 15. The molecule has 0 spiro atoms. The Bertz CT molecular complexity index is 3360. The summed E-state index contributed by atoms with van der Waals surface area (Å²) in [5, 5.41) is 20.8. The van der Waals surface area contributed by atoms with Crippen LogP contribution in [0.15, 0.2) is 147 Å². The van der Waals surface area contributed by atoms with Gasteiger partial charge in [-0.15, -0.1) is 0 Å². The predicted molar refractivity (Wildman–Crippen MR) is 322 cm³/mol. The van der Waals surface area contributed by atoms with Crippen LogP contribution in [0.2, 0.25) is 0 Å². The Balaban J connectivity index is 0.889. The molecule has 6 heterocycles. The molecule has 15 heteroatoms. The van der Waals surface area contributed by atoms with Crippen molar-refractivity contribution in [1.29, 1.82) is 0 Å². The number of nitrogens with one attached hydrogen (secondary N) is 6. The maximum atomic E-state index is 5.04. The maximum absolute atomic E-state index is 5.04. The van der Waals surface area contributed by atoms with Crippen LogP contribution in [0.3, 0.4) is 0 Å². The summed E-state index contributed by atoms with van der Waals surface area (Å²) >= 11 is 0. The molecule has 404 valence electrons. The van der Waals surface area contributed by atoms with Gasteiger partial charge in [0.2, 0.25) is 17.8 Å². The first-order valence-corrected chi connectivity index (χ1v) is 27.6. The summed E-state index contributed by atoms with van der Waals surface area (Å²) in [6.45, 7) is 17.6. The van der Waals surface area contributed by atoms with E-state index in [1.54, 1.807) is 37.2 Å². The van der Waals surface area contributed by atoms with E-state index in [4.69, 9.17) is 9.97 Å². The molecule has 0 unspecified atom stereocenters. The molecule has 0 radical (unpaired) electrons. The van der Waals surface area contributed by atoms with Crippen LogP contribution in [0, 0.1) is 24.7 Å². The largest absolute Gasteiger partial charge is 0.353 e. The van der Waals surface area contributed by atoms with Crippen LogP contribution in [-0.2, 0) is 51.4 Å². The molecule has 0 atom stereocenters. The third-order valence-electron chi connectivity index (χ3n) is 13.3. The fourth-order valence-corrected chi connectivity index (χ4v) is 9.36. The van der Waals surface area contributed by atoms with Gasteiger partial charge in [-0.1, -0.05) is 84.9 Å². The lowest BCUT2D eigenvalue weighted by Crippen LogP contribution is -2.06. The van der Waals surface area contributed by atoms with Crippen molar-refractivity contribution in [3.8, 4) is 0 Å². The second kappa shape index (κ2) is 26.5. The molecule has 3 aromatic carbocycles. The molecule has 15 nitrogen and oxygen atoms in total. The molecule has 0 saturated heterocycles. The van der Waals surface area contributed by atoms with Crippen LogP contribution in [0.1, 0.15) is 98.8 Å². The summed E-state index contributed by atoms with van der Waals surface area (Å²) < 4.78 is 0. The summed E-state index contributed by atoms with van der Waals surface area (Å²) in [6.07, 6.45) is 25.2. The van der Waals surface area contributed by atoms with Gasteiger partial charge in [-0.25, -0.2) is 29.9 Å². The summed E-state index contributed by atoms with van der Waals surface area (Å²) in [6, 6.07) is 29.6. The molecule has 0 aliphatic rings. The third-order valence-corrected chi connectivity index (χ3v) is 13.3. The molecule has 0 aliphatic carbocycles. The molecule has 0 fully saturated rings. The van der Waals surface area contributed by atoms with Gasteiger partial charge in [0.15, 0.2) is 0 Å². The topological polar surface area (TPSA) is 188 Å². The number of aromatic nitrogens is 9. The second-order valence-corrected chi connectivity index (χ2v) is 21.5. The van der Waals surface area contributed by atoms with Crippen molar-refractivity contribution >= 4 is 69.0 Å². The number of benzene rings is 3. The van der Waals surface area contributed by atoms with Crippen LogP contribution in [0.5, 0.6) is 0 Å². The van der Waals surface area contributed by atoms with Crippen LogP contribution < -0.4 is 31.9 Å². The van der Waals surface area contributed by atoms with E-state index in [-0.39, 0.29) is 0 Å². The summed E-state index contributed by atoms with van der Waals surface area (Å²) in [7, 11) is 0. The fourth-order valence-electron chi connectivity index (χ4n) is 9.36. The molecule has 9 aromatic rings. The lowest BCUT2D eigenvalue weighted by molar-refractivity contribution is 0.647. The van der Waals surface area contributed by atoms with Gasteiger partial charge in [-0.3, -0.25) is 15.0 Å². The Morgan fingerprint density at radius 1 is 0.354 bits per heavy atom. The molecule has 0 aliphatic heterocycles. The Kier molecular flexibility index (Phi) is 18.4. The van der Waals surface area contributed by atoms with E-state index >= 15 is 0 Å². The van der Waals surface area contributed by atoms with Crippen molar-refractivity contribution in [1.82, 2.24) is 44.9 Å². The number of aryl methyl sites for hydroxylation is 6. The highest BCUT2D eigenvalue weighted by Crippen LogP contribution is 2.30. The van der Waals surface area contributed by atoms with E-state index in [0.717, 1.165) is 111 Å². The number of nitrogens with zero attached hydrogens (tertiary/aromatic N) is 9. The van der Waals surface area contributed by atoms with E-state index < -0.39 is 0 Å². The normalized spacial score (nSPS) is 11.3. The zero-order chi connectivity index (χ0) is 55.1. The molecule has 0 amide bonds. The second-order valence-electron chi connectivity index (χ2n) is 21.5. The average molecular weight is 1050 g/mol. The highest BCUT2D eigenvalue weighted by Gasteiger charge is 2.14. The van der Waals surface area contributed by atoms with E-state index in [9.17, 15) is 0 Å². The standard InChI is InChI=1S/C64H73N15/c1-9-48-33-66-54(29-59(48)74-56-35-68-62(69-36-56)77-51-18-10-45(11-19-51)26-41(2)3)24-16-49-34-67-55(30-60(49)75-57-37-70-63(71-38-57)78-52-20-12-46(13-21-52)27-42(4)5)25-17-50-32-65-31-44(8)61(50)76-58-39-72-64(73-40-58)79-53-22-14-47(15-23-53)28-43(6)7/h10-15,18-23,29-43H,9,16-17,24-28H2,1-8H3,(H,65,76)(H,66,74)(H,67,75)(H,68,69,77)(H,70,71,78)(H,72,73,79). The van der Waals surface area contributed by atoms with Gasteiger partial charge in [-0.05, 0) is 164 Å². The molecule has 0 bridgehead atoms. The van der Waals surface area contributed by atoms with Gasteiger partial charge in [0, 0.05) is 70.3 Å². The number of hydrogen-bond donors (Lipinski definition) is 6. The van der Waals surface area contributed by atoms with Crippen LogP contribution in [-0.4, -0.2) is 44.9 Å². The maximum Gasteiger partial charge on any atom is 0.227 e. The van der Waals surface area contributed by atoms with Crippen LogP contribution in [0.25, 0.3) is 0 Å². The Hall–Kier alpha value is -8.85. The van der Waals surface area contributed by atoms with E-state index in [0.29, 0.717) is 61.3 Å². The average Bonchev–Trinajstić information content (AvgIpc) is 3.45. The quantitative estimate of drug-likeness (QED) is 0.0317. The van der Waals surface area contributed by atoms with Crippen molar-refractivity contribution in [3.05, 3.63) is 197 Å². The molecule has 79 heavy (non-hydrogen) atoms. The van der Waals surface area contributed by atoms with Gasteiger partial charge in [0.25, 0.3) is 0 Å². The van der Waals surface area contributed by atoms with Crippen molar-refractivity contribution in [3.63, 3.8) is 0 Å². The minimum absolute atomic E-state index is 0.517. The van der Waals surface area contributed by atoms with E-state index in [1.807, 2.05) is 24.8 Å². The molecule has 9 rings (SSSR count). The monoisotopic (exact) mass is 1050 g/mol. The molecule has 6 aromatic heterocycles. The van der Waals surface area contributed by atoms with Gasteiger partial charge in [0.05, 0.1) is 54.2 Å². The smallest absolute Gasteiger partial charge is 0.227 e. The Morgan fingerprint density at radius 2 is 0.722 bits per heavy atom. The predicted octanol–water partition coefficient (Wildman–Crippen LogP) is 14.7. The van der Waals surface area contributed by atoms with Crippen molar-refractivity contribution < 1.29 is 0 Å². The SMILES string of the molecule is CCc1cnc(CCc2cnc(CCc3cncc(C)c3Nc3cnc(Nc4ccc(CC(C)C)cc4)nc3)cc2Nc2cnc(Nc3ccc(CC(C)C)cc3)nc2)cc1Nc1cnc(Nc2ccc(CC(C)C)cc2)nc1. The molecule has 6 N–H and O–H groups in total. The first-order chi connectivity index (χ1) is 38.4. The van der Waals surface area contributed by atoms with Gasteiger partial charge in [0.1, 0.15) is 0 Å². The number of pyridine rings is 3. The highest BCUT2D eigenvalue weighted by molar-refractivity contribution is 5.68.